The summed E-state index contributed by atoms with van der Waals surface area (Å²) in [6.45, 7) is 8.46. The average Bonchev–Trinajstić information content (AvgIpc) is 2.24. The van der Waals surface area contributed by atoms with Crippen molar-refractivity contribution in [3.8, 4) is 5.75 Å². The SMILES string of the molecule is C[C@H](N)c1ccc(OCCOC(C)(C)C)c(F)c1. The summed E-state index contributed by atoms with van der Waals surface area (Å²) in [7, 11) is 0. The molecule has 0 aliphatic heterocycles. The van der Waals surface area contributed by atoms with Crippen LogP contribution in [-0.2, 0) is 4.74 Å². The van der Waals surface area contributed by atoms with Gasteiger partial charge in [0.15, 0.2) is 11.6 Å². The van der Waals surface area contributed by atoms with Gasteiger partial charge in [-0.25, -0.2) is 4.39 Å². The van der Waals surface area contributed by atoms with E-state index in [4.69, 9.17) is 15.2 Å². The molecule has 102 valence electrons. The van der Waals surface area contributed by atoms with Crippen molar-refractivity contribution < 1.29 is 13.9 Å². The molecule has 3 nitrogen and oxygen atoms in total. The van der Waals surface area contributed by atoms with E-state index in [1.807, 2.05) is 27.7 Å². The van der Waals surface area contributed by atoms with Gasteiger partial charge in [0.25, 0.3) is 0 Å². The summed E-state index contributed by atoms with van der Waals surface area (Å²) < 4.78 is 24.5. The molecule has 0 unspecified atom stereocenters. The Morgan fingerprint density at radius 2 is 1.94 bits per heavy atom. The first-order valence-corrected chi connectivity index (χ1v) is 6.11. The second-order valence-electron chi connectivity index (χ2n) is 5.29. The van der Waals surface area contributed by atoms with Gasteiger partial charge >= 0.3 is 0 Å². The highest BCUT2D eigenvalue weighted by molar-refractivity contribution is 5.30. The smallest absolute Gasteiger partial charge is 0.165 e. The highest BCUT2D eigenvalue weighted by Crippen LogP contribution is 2.21. The van der Waals surface area contributed by atoms with E-state index in [-0.39, 0.29) is 23.2 Å². The van der Waals surface area contributed by atoms with Crippen molar-refractivity contribution in [2.45, 2.75) is 39.3 Å². The number of nitrogens with two attached hydrogens (primary N) is 1. The molecule has 0 aliphatic rings. The molecular weight excluding hydrogens is 233 g/mol. The highest BCUT2D eigenvalue weighted by Gasteiger charge is 2.10. The second-order valence-corrected chi connectivity index (χ2v) is 5.29. The average molecular weight is 255 g/mol. The zero-order valence-corrected chi connectivity index (χ0v) is 11.5. The summed E-state index contributed by atoms with van der Waals surface area (Å²) in [5.41, 5.74) is 6.22. The van der Waals surface area contributed by atoms with Crippen LogP contribution in [0.3, 0.4) is 0 Å². The summed E-state index contributed by atoms with van der Waals surface area (Å²) in [6.07, 6.45) is 0. The maximum Gasteiger partial charge on any atom is 0.165 e. The van der Waals surface area contributed by atoms with Crippen LogP contribution in [0.4, 0.5) is 4.39 Å². The molecule has 0 fully saturated rings. The van der Waals surface area contributed by atoms with Crippen LogP contribution in [0.2, 0.25) is 0 Å². The van der Waals surface area contributed by atoms with Crippen LogP contribution in [0.1, 0.15) is 39.3 Å². The number of halogens is 1. The van der Waals surface area contributed by atoms with Crippen molar-refractivity contribution in [1.82, 2.24) is 0 Å². The molecule has 4 heteroatoms. The summed E-state index contributed by atoms with van der Waals surface area (Å²) in [6, 6.07) is 4.60. The molecule has 1 aromatic carbocycles. The normalized spacial score (nSPS) is 13.4. The molecule has 0 saturated heterocycles. The van der Waals surface area contributed by atoms with Gasteiger partial charge in [0, 0.05) is 6.04 Å². The van der Waals surface area contributed by atoms with E-state index >= 15 is 0 Å². The number of hydrogen-bond donors (Lipinski definition) is 1. The largest absolute Gasteiger partial charge is 0.488 e. The van der Waals surface area contributed by atoms with E-state index in [1.54, 1.807) is 12.1 Å². The Hall–Kier alpha value is -1.13. The fourth-order valence-electron chi connectivity index (χ4n) is 1.42. The third-order valence-electron chi connectivity index (χ3n) is 2.36. The fourth-order valence-corrected chi connectivity index (χ4v) is 1.42. The highest BCUT2D eigenvalue weighted by atomic mass is 19.1. The fraction of sp³-hybridized carbons (Fsp3) is 0.571. The summed E-state index contributed by atoms with van der Waals surface area (Å²) in [5.74, 6) is -0.155. The van der Waals surface area contributed by atoms with Crippen LogP contribution in [0.5, 0.6) is 5.75 Å². The molecule has 18 heavy (non-hydrogen) atoms. The molecule has 0 heterocycles. The lowest BCUT2D eigenvalue weighted by molar-refractivity contribution is -0.0166. The van der Waals surface area contributed by atoms with Gasteiger partial charge in [-0.2, -0.15) is 0 Å². The first-order chi connectivity index (χ1) is 8.29. The van der Waals surface area contributed by atoms with E-state index in [9.17, 15) is 4.39 Å². The van der Waals surface area contributed by atoms with E-state index in [0.717, 1.165) is 5.56 Å². The summed E-state index contributed by atoms with van der Waals surface area (Å²) in [4.78, 5) is 0. The van der Waals surface area contributed by atoms with Gasteiger partial charge in [-0.1, -0.05) is 6.07 Å². The van der Waals surface area contributed by atoms with Crippen LogP contribution in [0.15, 0.2) is 18.2 Å². The van der Waals surface area contributed by atoms with Gasteiger partial charge in [-0.05, 0) is 45.4 Å². The molecule has 1 rings (SSSR count). The molecule has 0 radical (unpaired) electrons. The predicted molar refractivity (Wildman–Crippen MR) is 70.2 cm³/mol. The molecule has 0 spiro atoms. The second kappa shape index (κ2) is 6.16. The topological polar surface area (TPSA) is 44.5 Å². The monoisotopic (exact) mass is 255 g/mol. The molecule has 1 aromatic rings. The van der Waals surface area contributed by atoms with Gasteiger partial charge in [-0.3, -0.25) is 0 Å². The Bertz CT molecular complexity index is 386. The Kier molecular flexibility index (Phi) is 5.11. The minimum atomic E-state index is -0.388. The third kappa shape index (κ3) is 5.02. The zero-order chi connectivity index (χ0) is 13.8. The standard InChI is InChI=1S/C14H22FNO2/c1-10(16)11-5-6-13(12(15)9-11)17-7-8-18-14(2,3)4/h5-6,9-10H,7-8,16H2,1-4H3/t10-/m0/s1. The molecule has 0 amide bonds. The van der Waals surface area contributed by atoms with Gasteiger partial charge in [-0.15, -0.1) is 0 Å². The van der Waals surface area contributed by atoms with Crippen molar-refractivity contribution in [3.05, 3.63) is 29.6 Å². The maximum atomic E-state index is 13.7. The van der Waals surface area contributed by atoms with Crippen LogP contribution in [0, 0.1) is 5.82 Å². The van der Waals surface area contributed by atoms with Crippen LogP contribution in [-0.4, -0.2) is 18.8 Å². The van der Waals surface area contributed by atoms with Crippen LogP contribution >= 0.6 is 0 Å². The van der Waals surface area contributed by atoms with Crippen molar-refractivity contribution in [3.63, 3.8) is 0 Å². The van der Waals surface area contributed by atoms with Gasteiger partial charge in [0.05, 0.1) is 12.2 Å². The maximum absolute atomic E-state index is 13.7. The van der Waals surface area contributed by atoms with E-state index in [1.165, 1.54) is 6.07 Å². The first kappa shape index (κ1) is 14.9. The zero-order valence-electron chi connectivity index (χ0n) is 11.5. The van der Waals surface area contributed by atoms with Crippen molar-refractivity contribution >= 4 is 0 Å². The van der Waals surface area contributed by atoms with E-state index in [0.29, 0.717) is 13.2 Å². The van der Waals surface area contributed by atoms with Gasteiger partial charge in [0.2, 0.25) is 0 Å². The lowest BCUT2D eigenvalue weighted by Gasteiger charge is -2.19. The number of ether oxygens (including phenoxy) is 2. The van der Waals surface area contributed by atoms with Crippen molar-refractivity contribution in [2.24, 2.45) is 5.73 Å². The molecular formula is C14H22FNO2. The van der Waals surface area contributed by atoms with Gasteiger partial charge < -0.3 is 15.2 Å². The van der Waals surface area contributed by atoms with E-state index < -0.39 is 0 Å². The molecule has 0 aromatic heterocycles. The number of rotatable bonds is 5. The molecule has 2 N–H and O–H groups in total. The van der Waals surface area contributed by atoms with Crippen molar-refractivity contribution in [1.29, 1.82) is 0 Å². The first-order valence-electron chi connectivity index (χ1n) is 6.11. The summed E-state index contributed by atoms with van der Waals surface area (Å²) in [5, 5.41) is 0. The Balaban J connectivity index is 2.48. The third-order valence-corrected chi connectivity index (χ3v) is 2.36. The predicted octanol–water partition coefficient (Wildman–Crippen LogP) is 3.04. The van der Waals surface area contributed by atoms with Crippen molar-refractivity contribution in [2.75, 3.05) is 13.2 Å². The lowest BCUT2D eigenvalue weighted by atomic mass is 10.1. The van der Waals surface area contributed by atoms with Gasteiger partial charge in [0.1, 0.15) is 6.61 Å². The molecule has 0 bridgehead atoms. The minimum absolute atomic E-state index is 0.183. The number of benzene rings is 1. The Morgan fingerprint density at radius 1 is 1.28 bits per heavy atom. The molecule has 1 atom stereocenters. The quantitative estimate of drug-likeness (QED) is 0.822. The summed E-state index contributed by atoms with van der Waals surface area (Å²) >= 11 is 0. The molecule has 0 saturated carbocycles. The Labute approximate surface area is 108 Å². The lowest BCUT2D eigenvalue weighted by Crippen LogP contribution is -2.22. The minimum Gasteiger partial charge on any atom is -0.488 e. The number of hydrogen-bond acceptors (Lipinski definition) is 3. The van der Waals surface area contributed by atoms with Crippen LogP contribution < -0.4 is 10.5 Å². The van der Waals surface area contributed by atoms with Crippen LogP contribution in [0.25, 0.3) is 0 Å². The van der Waals surface area contributed by atoms with E-state index in [2.05, 4.69) is 0 Å². The molecule has 0 aliphatic carbocycles. The Morgan fingerprint density at radius 3 is 2.44 bits per heavy atom.